The molecule has 0 aliphatic carbocycles. The van der Waals surface area contributed by atoms with Gasteiger partial charge in [0.15, 0.2) is 0 Å². The minimum atomic E-state index is 0.692. The zero-order chi connectivity index (χ0) is 8.23. The number of hydrogen-bond donors (Lipinski definition) is 1. The van der Waals surface area contributed by atoms with Gasteiger partial charge in [0.2, 0.25) is 0 Å². The van der Waals surface area contributed by atoms with Crippen molar-refractivity contribution in [2.75, 3.05) is 16.8 Å². The summed E-state index contributed by atoms with van der Waals surface area (Å²) in [5.74, 6) is 2.57. The van der Waals surface area contributed by atoms with Gasteiger partial charge in [-0.3, -0.25) is 0 Å². The van der Waals surface area contributed by atoms with Crippen LogP contribution in [0.4, 0.5) is 5.69 Å². The first-order chi connectivity index (χ1) is 5.95. The first-order valence-electron chi connectivity index (χ1n) is 4.34. The molecule has 1 heterocycles. The second-order valence-electron chi connectivity index (χ2n) is 3.07. The minimum Gasteiger partial charge on any atom is -0.381 e. The van der Waals surface area contributed by atoms with E-state index in [1.807, 2.05) is 11.8 Å². The third kappa shape index (κ3) is 1.95. The molecule has 1 aromatic rings. The first kappa shape index (κ1) is 7.99. The van der Waals surface area contributed by atoms with Crippen molar-refractivity contribution in [2.24, 2.45) is 0 Å². The molecule has 2 heteroatoms. The van der Waals surface area contributed by atoms with Gasteiger partial charge >= 0.3 is 0 Å². The molecule has 1 atom stereocenters. The summed E-state index contributed by atoms with van der Waals surface area (Å²) in [6.45, 7) is 0. The van der Waals surface area contributed by atoms with Crippen molar-refractivity contribution in [3.05, 3.63) is 30.3 Å². The molecule has 1 unspecified atom stereocenters. The smallest absolute Gasteiger partial charge is 0.0359 e. The van der Waals surface area contributed by atoms with E-state index in [1.165, 1.54) is 23.6 Å². The van der Waals surface area contributed by atoms with E-state index < -0.39 is 0 Å². The van der Waals surface area contributed by atoms with Gasteiger partial charge in [0.1, 0.15) is 0 Å². The van der Waals surface area contributed by atoms with Gasteiger partial charge in [-0.1, -0.05) is 18.2 Å². The van der Waals surface area contributed by atoms with Crippen molar-refractivity contribution in [3.8, 4) is 0 Å². The van der Waals surface area contributed by atoms with E-state index in [4.69, 9.17) is 0 Å². The summed E-state index contributed by atoms with van der Waals surface area (Å²) >= 11 is 2.04. The lowest BCUT2D eigenvalue weighted by atomic mass is 10.2. The number of para-hydroxylation sites is 1. The van der Waals surface area contributed by atoms with Crippen LogP contribution in [0.15, 0.2) is 30.3 Å². The molecule has 0 spiro atoms. The maximum atomic E-state index is 3.52. The van der Waals surface area contributed by atoms with Crippen molar-refractivity contribution in [1.82, 2.24) is 0 Å². The SMILES string of the molecule is c1ccc(NC2CCSC2)cc1. The molecular weight excluding hydrogens is 166 g/mol. The summed E-state index contributed by atoms with van der Waals surface area (Å²) in [4.78, 5) is 0. The maximum Gasteiger partial charge on any atom is 0.0359 e. The lowest BCUT2D eigenvalue weighted by Gasteiger charge is -2.11. The van der Waals surface area contributed by atoms with Gasteiger partial charge in [0.25, 0.3) is 0 Å². The second-order valence-corrected chi connectivity index (χ2v) is 4.22. The standard InChI is InChI=1S/C10H13NS/c1-2-4-9(5-3-1)11-10-6-7-12-8-10/h1-5,10-11H,6-8H2. The van der Waals surface area contributed by atoms with Gasteiger partial charge < -0.3 is 5.32 Å². The number of rotatable bonds is 2. The Morgan fingerprint density at radius 2 is 2.08 bits per heavy atom. The molecule has 1 fully saturated rings. The Morgan fingerprint density at radius 1 is 1.25 bits per heavy atom. The highest BCUT2D eigenvalue weighted by Gasteiger charge is 2.14. The Hall–Kier alpha value is -0.630. The topological polar surface area (TPSA) is 12.0 Å². The van der Waals surface area contributed by atoms with Crippen molar-refractivity contribution in [2.45, 2.75) is 12.5 Å². The molecular formula is C10H13NS. The average Bonchev–Trinajstić information content (AvgIpc) is 2.59. The van der Waals surface area contributed by atoms with Crippen LogP contribution in [0.2, 0.25) is 0 Å². The van der Waals surface area contributed by atoms with E-state index in [2.05, 4.69) is 35.6 Å². The van der Waals surface area contributed by atoms with E-state index >= 15 is 0 Å². The Morgan fingerprint density at radius 3 is 2.75 bits per heavy atom. The van der Waals surface area contributed by atoms with Gasteiger partial charge in [-0.25, -0.2) is 0 Å². The lowest BCUT2D eigenvalue weighted by Crippen LogP contribution is -2.17. The first-order valence-corrected chi connectivity index (χ1v) is 5.50. The third-order valence-electron chi connectivity index (χ3n) is 2.07. The third-order valence-corrected chi connectivity index (χ3v) is 3.24. The van der Waals surface area contributed by atoms with Crippen LogP contribution in [-0.4, -0.2) is 17.5 Å². The van der Waals surface area contributed by atoms with Crippen molar-refractivity contribution < 1.29 is 0 Å². The molecule has 1 aromatic carbocycles. The van der Waals surface area contributed by atoms with Crippen molar-refractivity contribution in [3.63, 3.8) is 0 Å². The van der Waals surface area contributed by atoms with E-state index in [1.54, 1.807) is 0 Å². The molecule has 0 radical (unpaired) electrons. The largest absolute Gasteiger partial charge is 0.381 e. The fourth-order valence-corrected chi connectivity index (χ4v) is 2.57. The normalized spacial score (nSPS) is 22.5. The van der Waals surface area contributed by atoms with Crippen LogP contribution in [-0.2, 0) is 0 Å². The van der Waals surface area contributed by atoms with Gasteiger partial charge in [-0.15, -0.1) is 0 Å². The monoisotopic (exact) mass is 179 g/mol. The molecule has 1 saturated heterocycles. The van der Waals surface area contributed by atoms with Crippen molar-refractivity contribution >= 4 is 17.4 Å². The summed E-state index contributed by atoms with van der Waals surface area (Å²) < 4.78 is 0. The molecule has 0 saturated carbocycles. The van der Waals surface area contributed by atoms with Crippen molar-refractivity contribution in [1.29, 1.82) is 0 Å². The zero-order valence-electron chi connectivity index (χ0n) is 6.99. The Kier molecular flexibility index (Phi) is 2.57. The van der Waals surface area contributed by atoms with E-state index in [0.717, 1.165) is 0 Å². The Balaban J connectivity index is 1.94. The number of benzene rings is 1. The lowest BCUT2D eigenvalue weighted by molar-refractivity contribution is 0.813. The fraction of sp³-hybridized carbons (Fsp3) is 0.400. The summed E-state index contributed by atoms with van der Waals surface area (Å²) in [5, 5.41) is 3.52. The highest BCUT2D eigenvalue weighted by molar-refractivity contribution is 7.99. The highest BCUT2D eigenvalue weighted by Crippen LogP contribution is 2.20. The predicted molar refractivity (Wildman–Crippen MR) is 55.8 cm³/mol. The predicted octanol–water partition coefficient (Wildman–Crippen LogP) is 2.60. The minimum absolute atomic E-state index is 0.692. The van der Waals surface area contributed by atoms with Crippen LogP contribution in [0, 0.1) is 0 Å². The Bertz CT molecular complexity index is 229. The van der Waals surface area contributed by atoms with E-state index in [-0.39, 0.29) is 0 Å². The van der Waals surface area contributed by atoms with E-state index in [0.29, 0.717) is 6.04 Å². The van der Waals surface area contributed by atoms with Gasteiger partial charge in [0, 0.05) is 17.5 Å². The molecule has 1 nitrogen and oxygen atoms in total. The number of thioether (sulfide) groups is 1. The Labute approximate surface area is 77.6 Å². The van der Waals surface area contributed by atoms with Crippen LogP contribution in [0.1, 0.15) is 6.42 Å². The average molecular weight is 179 g/mol. The number of anilines is 1. The molecule has 1 aliphatic rings. The molecule has 1 N–H and O–H groups in total. The molecule has 0 aromatic heterocycles. The number of nitrogens with one attached hydrogen (secondary N) is 1. The van der Waals surface area contributed by atoms with Crippen LogP contribution in [0.25, 0.3) is 0 Å². The van der Waals surface area contributed by atoms with Crippen LogP contribution in [0.3, 0.4) is 0 Å². The summed E-state index contributed by atoms with van der Waals surface area (Å²) in [5.41, 5.74) is 1.25. The quantitative estimate of drug-likeness (QED) is 0.749. The molecule has 64 valence electrons. The van der Waals surface area contributed by atoms with Gasteiger partial charge in [0.05, 0.1) is 0 Å². The van der Waals surface area contributed by atoms with E-state index in [9.17, 15) is 0 Å². The molecule has 1 aliphatic heterocycles. The maximum absolute atomic E-state index is 3.52. The van der Waals surface area contributed by atoms with Gasteiger partial charge in [-0.05, 0) is 24.3 Å². The summed E-state index contributed by atoms with van der Waals surface area (Å²) in [7, 11) is 0. The summed E-state index contributed by atoms with van der Waals surface area (Å²) in [6.07, 6.45) is 1.31. The molecule has 0 amide bonds. The number of hydrogen-bond acceptors (Lipinski definition) is 2. The fourth-order valence-electron chi connectivity index (χ4n) is 1.42. The highest BCUT2D eigenvalue weighted by atomic mass is 32.2. The zero-order valence-corrected chi connectivity index (χ0v) is 7.81. The summed E-state index contributed by atoms with van der Waals surface area (Å²) in [6, 6.07) is 11.1. The molecule has 2 rings (SSSR count). The van der Waals surface area contributed by atoms with Crippen LogP contribution >= 0.6 is 11.8 Å². The van der Waals surface area contributed by atoms with Crippen LogP contribution < -0.4 is 5.32 Å². The molecule has 0 bridgehead atoms. The second kappa shape index (κ2) is 3.85. The van der Waals surface area contributed by atoms with Gasteiger partial charge in [-0.2, -0.15) is 11.8 Å². The van der Waals surface area contributed by atoms with Crippen LogP contribution in [0.5, 0.6) is 0 Å². The molecule has 12 heavy (non-hydrogen) atoms.